The van der Waals surface area contributed by atoms with Gasteiger partial charge >= 0.3 is 12.0 Å². The number of carbonyl (C=O) groups excluding carboxylic acids is 1. The van der Waals surface area contributed by atoms with Gasteiger partial charge in [-0.1, -0.05) is 0 Å². The van der Waals surface area contributed by atoms with Gasteiger partial charge in [-0.05, 0) is 13.8 Å². The molecule has 0 aromatic carbocycles. The Labute approximate surface area is 114 Å². The number of aliphatic hydroxyl groups excluding tert-OH is 1. The molecule has 1 aromatic heterocycles. The number of aryl methyl sites for hydroxylation is 1. The molecule has 2 unspecified atom stereocenters. The third-order valence-corrected chi connectivity index (χ3v) is 3.49. The topological polar surface area (TPSA) is 112 Å². The smallest absolute Gasteiger partial charge is 0.332 e. The lowest BCUT2D eigenvalue weighted by Gasteiger charge is -2.12. The van der Waals surface area contributed by atoms with Crippen molar-refractivity contribution >= 4 is 23.3 Å². The van der Waals surface area contributed by atoms with Crippen LogP contribution in [-0.4, -0.2) is 39.8 Å². The molecule has 8 heteroatoms. The number of aromatic nitrogens is 1. The van der Waals surface area contributed by atoms with Crippen LogP contribution < -0.4 is 10.6 Å². The summed E-state index contributed by atoms with van der Waals surface area (Å²) in [5.74, 6) is -1.30. The second-order valence-electron chi connectivity index (χ2n) is 4.09. The molecule has 1 heterocycles. The van der Waals surface area contributed by atoms with Crippen molar-refractivity contribution < 1.29 is 19.8 Å². The number of carboxylic acids is 1. The zero-order chi connectivity index (χ0) is 14.4. The van der Waals surface area contributed by atoms with Gasteiger partial charge in [0.2, 0.25) is 0 Å². The number of carboxylic acid groups (broad SMARTS) is 1. The van der Waals surface area contributed by atoms with E-state index in [0.717, 1.165) is 10.7 Å². The molecule has 0 aliphatic heterocycles. The summed E-state index contributed by atoms with van der Waals surface area (Å²) in [4.78, 5) is 26.1. The summed E-state index contributed by atoms with van der Waals surface area (Å²) in [5, 5.41) is 25.3. The first-order chi connectivity index (χ1) is 8.90. The molecular formula is C11H17N3O4S. The van der Waals surface area contributed by atoms with Crippen LogP contribution in [0, 0.1) is 6.92 Å². The van der Waals surface area contributed by atoms with Crippen LogP contribution in [0.4, 0.5) is 4.79 Å². The normalized spacial score (nSPS) is 13.6. The van der Waals surface area contributed by atoms with Crippen LogP contribution in [-0.2, 0) is 4.79 Å². The number of aliphatic hydroxyl groups is 1. The van der Waals surface area contributed by atoms with Crippen molar-refractivity contribution in [2.45, 2.75) is 32.4 Å². The number of nitrogens with one attached hydrogen (secondary N) is 2. The van der Waals surface area contributed by atoms with Gasteiger partial charge in [-0.2, -0.15) is 0 Å². The van der Waals surface area contributed by atoms with Crippen molar-refractivity contribution in [1.82, 2.24) is 15.6 Å². The summed E-state index contributed by atoms with van der Waals surface area (Å²) in [6.45, 7) is 3.77. The maximum Gasteiger partial charge on any atom is 0.332 e. The van der Waals surface area contributed by atoms with E-state index in [1.807, 2.05) is 19.2 Å². The van der Waals surface area contributed by atoms with E-state index in [9.17, 15) is 9.59 Å². The first kappa shape index (κ1) is 15.4. The van der Waals surface area contributed by atoms with Gasteiger partial charge in [0.1, 0.15) is 5.01 Å². The zero-order valence-corrected chi connectivity index (χ0v) is 11.5. The third-order valence-electron chi connectivity index (χ3n) is 2.34. The number of carbonyl (C=O) groups is 2. The molecule has 19 heavy (non-hydrogen) atoms. The van der Waals surface area contributed by atoms with E-state index in [1.54, 1.807) is 0 Å². The van der Waals surface area contributed by atoms with Gasteiger partial charge in [0.25, 0.3) is 0 Å². The number of thiazole rings is 1. The monoisotopic (exact) mass is 287 g/mol. The fraction of sp³-hybridized carbons (Fsp3) is 0.545. The third kappa shape index (κ3) is 5.23. The predicted octanol–water partition coefficient (Wildman–Crippen LogP) is 0.647. The molecule has 7 nitrogen and oxygen atoms in total. The van der Waals surface area contributed by atoms with Crippen LogP contribution in [0.1, 0.15) is 30.1 Å². The molecule has 0 aliphatic rings. The standard InChI is InChI=1S/C11H17N3O4S/c1-6-5-19-9(13-6)7(2)14-11(18)12-4-3-8(15)10(16)17/h5,7-8,15H,3-4H2,1-2H3,(H,16,17)(H2,12,14,18). The minimum absolute atomic E-state index is 0.0342. The van der Waals surface area contributed by atoms with Crippen LogP contribution in [0.2, 0.25) is 0 Å². The molecule has 4 N–H and O–H groups in total. The van der Waals surface area contributed by atoms with Crippen LogP contribution in [0.25, 0.3) is 0 Å². The van der Waals surface area contributed by atoms with Crippen molar-refractivity contribution in [1.29, 1.82) is 0 Å². The SMILES string of the molecule is Cc1csc(C(C)NC(=O)NCCC(O)C(=O)O)n1. The van der Waals surface area contributed by atoms with Gasteiger partial charge in [-0.3, -0.25) is 0 Å². The highest BCUT2D eigenvalue weighted by molar-refractivity contribution is 7.09. The molecule has 0 fully saturated rings. The van der Waals surface area contributed by atoms with E-state index >= 15 is 0 Å². The molecular weight excluding hydrogens is 270 g/mol. The average Bonchev–Trinajstić information content (AvgIpc) is 2.75. The van der Waals surface area contributed by atoms with E-state index in [2.05, 4.69) is 15.6 Å². The Morgan fingerprint density at radius 2 is 2.21 bits per heavy atom. The zero-order valence-electron chi connectivity index (χ0n) is 10.7. The number of amides is 2. The number of nitrogens with zero attached hydrogens (tertiary/aromatic N) is 1. The van der Waals surface area contributed by atoms with E-state index < -0.39 is 18.1 Å². The van der Waals surface area contributed by atoms with Gasteiger partial charge in [-0.25, -0.2) is 14.6 Å². The Morgan fingerprint density at radius 1 is 1.53 bits per heavy atom. The van der Waals surface area contributed by atoms with Crippen LogP contribution >= 0.6 is 11.3 Å². The number of aliphatic carboxylic acids is 1. The predicted molar refractivity (Wildman–Crippen MR) is 70.1 cm³/mol. The second-order valence-corrected chi connectivity index (χ2v) is 4.98. The molecule has 1 rings (SSSR count). The van der Waals surface area contributed by atoms with Crippen molar-refractivity contribution in [2.75, 3.05) is 6.54 Å². The van der Waals surface area contributed by atoms with Crippen LogP contribution in [0.3, 0.4) is 0 Å². The summed E-state index contributed by atoms with van der Waals surface area (Å²) in [6.07, 6.45) is -1.49. The maximum absolute atomic E-state index is 11.5. The lowest BCUT2D eigenvalue weighted by Crippen LogP contribution is -2.39. The van der Waals surface area contributed by atoms with Gasteiger partial charge in [-0.15, -0.1) is 11.3 Å². The highest BCUT2D eigenvalue weighted by Crippen LogP contribution is 2.16. The van der Waals surface area contributed by atoms with E-state index in [1.165, 1.54) is 11.3 Å². The lowest BCUT2D eigenvalue weighted by molar-refractivity contribution is -0.146. The van der Waals surface area contributed by atoms with Gasteiger partial charge in [0.05, 0.1) is 6.04 Å². The minimum atomic E-state index is -1.46. The molecule has 1 aromatic rings. The van der Waals surface area contributed by atoms with Crippen molar-refractivity contribution in [3.8, 4) is 0 Å². The van der Waals surface area contributed by atoms with E-state index in [0.29, 0.717) is 0 Å². The summed E-state index contributed by atoms with van der Waals surface area (Å²) >= 11 is 1.46. The molecule has 106 valence electrons. The van der Waals surface area contributed by atoms with Gasteiger partial charge < -0.3 is 20.8 Å². The van der Waals surface area contributed by atoms with E-state index in [4.69, 9.17) is 10.2 Å². The molecule has 0 saturated heterocycles. The van der Waals surface area contributed by atoms with Crippen LogP contribution in [0.15, 0.2) is 5.38 Å². The largest absolute Gasteiger partial charge is 0.479 e. The maximum atomic E-state index is 11.5. The van der Waals surface area contributed by atoms with E-state index in [-0.39, 0.29) is 19.0 Å². The molecule has 2 atom stereocenters. The highest BCUT2D eigenvalue weighted by atomic mass is 32.1. The summed E-state index contributed by atoms with van der Waals surface area (Å²) in [5.41, 5.74) is 0.902. The molecule has 2 amide bonds. The first-order valence-electron chi connectivity index (χ1n) is 5.77. The molecule has 0 saturated carbocycles. The highest BCUT2D eigenvalue weighted by Gasteiger charge is 2.15. The van der Waals surface area contributed by atoms with Gasteiger partial charge in [0.15, 0.2) is 6.10 Å². The molecule has 0 spiro atoms. The Morgan fingerprint density at radius 3 is 2.74 bits per heavy atom. The minimum Gasteiger partial charge on any atom is -0.479 e. The Balaban J connectivity index is 2.29. The summed E-state index contributed by atoms with van der Waals surface area (Å²) in [7, 11) is 0. The fourth-order valence-corrected chi connectivity index (χ4v) is 2.13. The first-order valence-corrected chi connectivity index (χ1v) is 6.65. The number of hydrogen-bond donors (Lipinski definition) is 4. The summed E-state index contributed by atoms with van der Waals surface area (Å²) < 4.78 is 0. The Hall–Kier alpha value is -1.67. The quantitative estimate of drug-likeness (QED) is 0.613. The number of urea groups is 1. The Kier molecular flexibility index (Phi) is 5.71. The number of rotatable bonds is 6. The fourth-order valence-electron chi connectivity index (χ4n) is 1.33. The molecule has 0 radical (unpaired) electrons. The van der Waals surface area contributed by atoms with Crippen molar-refractivity contribution in [2.24, 2.45) is 0 Å². The molecule has 0 bridgehead atoms. The Bertz CT molecular complexity index is 449. The average molecular weight is 287 g/mol. The second kappa shape index (κ2) is 7.05. The molecule has 0 aliphatic carbocycles. The summed E-state index contributed by atoms with van der Waals surface area (Å²) in [6, 6.07) is -0.638. The van der Waals surface area contributed by atoms with Crippen molar-refractivity contribution in [3.63, 3.8) is 0 Å². The number of hydrogen-bond acceptors (Lipinski definition) is 5. The lowest BCUT2D eigenvalue weighted by atomic mass is 10.2. The van der Waals surface area contributed by atoms with Crippen LogP contribution in [0.5, 0.6) is 0 Å². The van der Waals surface area contributed by atoms with Crippen molar-refractivity contribution in [3.05, 3.63) is 16.1 Å². The van der Waals surface area contributed by atoms with Gasteiger partial charge in [0, 0.05) is 24.0 Å².